The number of amides is 3. The molecule has 0 saturated carbocycles. The molecule has 2 aromatic rings. The molecule has 0 unspecified atom stereocenters. The van der Waals surface area contributed by atoms with Crippen LogP contribution in [0.5, 0.6) is 0 Å². The first-order chi connectivity index (χ1) is 17.7. The fourth-order valence-corrected chi connectivity index (χ4v) is 3.85. The van der Waals surface area contributed by atoms with Crippen molar-refractivity contribution in [2.24, 2.45) is 5.92 Å². The molecule has 5 N–H and O–H groups in total. The minimum atomic E-state index is -0.680. The van der Waals surface area contributed by atoms with Crippen LogP contribution in [0.25, 0.3) is 10.8 Å². The molecule has 1 fully saturated rings. The van der Waals surface area contributed by atoms with Crippen molar-refractivity contribution in [1.29, 1.82) is 0 Å². The van der Waals surface area contributed by atoms with Crippen LogP contribution in [0.4, 0.5) is 5.69 Å². The summed E-state index contributed by atoms with van der Waals surface area (Å²) in [5, 5.41) is 24.3. The summed E-state index contributed by atoms with van der Waals surface area (Å²) in [5.74, 6) is -0.770. The summed E-state index contributed by atoms with van der Waals surface area (Å²) in [6, 6.07) is 5.85. The lowest BCUT2D eigenvalue weighted by Crippen LogP contribution is -2.56. The number of likely N-dealkylation sites (tertiary alicyclic amines) is 1. The van der Waals surface area contributed by atoms with E-state index in [0.717, 1.165) is 17.2 Å². The first-order valence-corrected chi connectivity index (χ1v) is 11.7. The van der Waals surface area contributed by atoms with Gasteiger partial charge in [0.1, 0.15) is 12.1 Å². The topological polar surface area (TPSA) is 178 Å². The minimum Gasteiger partial charge on any atom is -0.483 e. The molecule has 12 nitrogen and oxygen atoms in total. The van der Waals surface area contributed by atoms with Crippen molar-refractivity contribution in [1.82, 2.24) is 20.5 Å². The second-order valence-corrected chi connectivity index (χ2v) is 8.53. The number of carbonyl (C=O) groups is 5. The molecule has 1 aromatic heterocycles. The SMILES string of the molecule is CN[C@@H](C)C(=O)N[C@H](C(=O)N1CCC[C@H]1C(=O)Nc1cccc2cnccc12)C(C)C.O=CO.O=CO. The third-order valence-corrected chi connectivity index (χ3v) is 5.83. The van der Waals surface area contributed by atoms with Crippen LogP contribution in [0.3, 0.4) is 0 Å². The summed E-state index contributed by atoms with van der Waals surface area (Å²) < 4.78 is 0. The summed E-state index contributed by atoms with van der Waals surface area (Å²) in [4.78, 5) is 61.3. The van der Waals surface area contributed by atoms with Crippen molar-refractivity contribution >= 4 is 47.1 Å². The molecule has 0 aliphatic carbocycles. The number of pyridine rings is 1. The van der Waals surface area contributed by atoms with Crippen molar-refractivity contribution in [3.05, 3.63) is 36.7 Å². The van der Waals surface area contributed by atoms with Gasteiger partial charge in [0.25, 0.3) is 12.9 Å². The Labute approximate surface area is 215 Å². The maximum Gasteiger partial charge on any atom is 0.290 e. The average molecular weight is 518 g/mol. The molecule has 3 amide bonds. The van der Waals surface area contributed by atoms with Gasteiger partial charge >= 0.3 is 0 Å². The number of fused-ring (bicyclic) bond motifs is 1. The van der Waals surface area contributed by atoms with Crippen LogP contribution in [-0.4, -0.2) is 82.5 Å². The van der Waals surface area contributed by atoms with Gasteiger partial charge in [0.05, 0.1) is 6.04 Å². The second kappa shape index (κ2) is 15.8. The highest BCUT2D eigenvalue weighted by atomic mass is 16.3. The Balaban J connectivity index is 0.00000104. The molecule has 37 heavy (non-hydrogen) atoms. The van der Waals surface area contributed by atoms with E-state index in [0.29, 0.717) is 18.7 Å². The van der Waals surface area contributed by atoms with Crippen LogP contribution in [0.2, 0.25) is 0 Å². The summed E-state index contributed by atoms with van der Waals surface area (Å²) in [7, 11) is 1.70. The summed E-state index contributed by atoms with van der Waals surface area (Å²) in [5.41, 5.74) is 0.695. The monoisotopic (exact) mass is 517 g/mol. The lowest BCUT2D eigenvalue weighted by molar-refractivity contribution is -0.141. The highest BCUT2D eigenvalue weighted by molar-refractivity contribution is 6.05. The molecule has 3 rings (SSSR count). The van der Waals surface area contributed by atoms with Crippen molar-refractivity contribution in [2.45, 2.75) is 51.7 Å². The normalized spacial score (nSPS) is 15.8. The van der Waals surface area contributed by atoms with E-state index in [4.69, 9.17) is 19.8 Å². The van der Waals surface area contributed by atoms with E-state index in [-0.39, 0.29) is 36.6 Å². The van der Waals surface area contributed by atoms with Crippen molar-refractivity contribution < 1.29 is 34.2 Å². The van der Waals surface area contributed by atoms with E-state index in [1.165, 1.54) is 0 Å². The molecule has 2 heterocycles. The average Bonchev–Trinajstić information content (AvgIpc) is 3.37. The first-order valence-electron chi connectivity index (χ1n) is 11.7. The zero-order valence-corrected chi connectivity index (χ0v) is 21.4. The van der Waals surface area contributed by atoms with Gasteiger partial charge in [0.15, 0.2) is 0 Å². The van der Waals surface area contributed by atoms with Crippen LogP contribution in [0, 0.1) is 5.92 Å². The van der Waals surface area contributed by atoms with Gasteiger partial charge in [0, 0.05) is 35.4 Å². The lowest BCUT2D eigenvalue weighted by atomic mass is 10.0. The van der Waals surface area contributed by atoms with Gasteiger partial charge in [-0.1, -0.05) is 26.0 Å². The zero-order chi connectivity index (χ0) is 28.0. The molecular weight excluding hydrogens is 482 g/mol. The van der Waals surface area contributed by atoms with Crippen molar-refractivity contribution in [3.8, 4) is 0 Å². The second-order valence-electron chi connectivity index (χ2n) is 8.53. The number of carboxylic acid groups (broad SMARTS) is 2. The molecule has 12 heteroatoms. The number of nitrogens with one attached hydrogen (secondary N) is 3. The van der Waals surface area contributed by atoms with Gasteiger partial charge in [-0.25, -0.2) is 0 Å². The van der Waals surface area contributed by atoms with Gasteiger partial charge < -0.3 is 31.1 Å². The number of anilines is 1. The molecule has 202 valence electrons. The summed E-state index contributed by atoms with van der Waals surface area (Å²) in [6.45, 7) is 5.52. The number of likely N-dealkylation sites (N-methyl/N-ethyl adjacent to an activating group) is 1. The third-order valence-electron chi connectivity index (χ3n) is 5.83. The maximum absolute atomic E-state index is 13.3. The largest absolute Gasteiger partial charge is 0.483 e. The van der Waals surface area contributed by atoms with Gasteiger partial charge in [-0.15, -0.1) is 0 Å². The molecule has 3 atom stereocenters. The van der Waals surface area contributed by atoms with E-state index in [2.05, 4.69) is 20.9 Å². The number of hydrogen-bond donors (Lipinski definition) is 5. The number of hydrogen-bond acceptors (Lipinski definition) is 7. The lowest BCUT2D eigenvalue weighted by Gasteiger charge is -2.31. The van der Waals surface area contributed by atoms with Gasteiger partial charge in [-0.3, -0.25) is 29.0 Å². The molecule has 0 spiro atoms. The molecular formula is C25H35N5O7. The number of rotatable bonds is 7. The fraction of sp³-hybridized carbons (Fsp3) is 0.440. The standard InChI is InChI=1S/C23H31N5O3.2CH2O2/c1-14(2)20(27-21(29)15(3)24-4)23(31)28-12-6-9-19(28)22(30)26-18-8-5-7-16-13-25-11-10-17(16)18;2*2-1-3/h5,7-8,10-11,13-15,19-20,24H,6,9,12H2,1-4H3,(H,26,30)(H,27,29);2*1H,(H,2,3)/t15-,19-,20-;;/m0../s1. The van der Waals surface area contributed by atoms with Crippen LogP contribution in [0.1, 0.15) is 33.6 Å². The Morgan fingerprint density at radius 3 is 2.35 bits per heavy atom. The number of benzene rings is 1. The Hall–Kier alpha value is -4.06. The summed E-state index contributed by atoms with van der Waals surface area (Å²) in [6.07, 6.45) is 4.77. The van der Waals surface area contributed by atoms with Crippen LogP contribution >= 0.6 is 0 Å². The van der Waals surface area contributed by atoms with Crippen LogP contribution in [0.15, 0.2) is 36.7 Å². The van der Waals surface area contributed by atoms with E-state index >= 15 is 0 Å². The molecule has 0 radical (unpaired) electrons. The van der Waals surface area contributed by atoms with E-state index in [9.17, 15) is 14.4 Å². The Morgan fingerprint density at radius 2 is 1.76 bits per heavy atom. The van der Waals surface area contributed by atoms with Gasteiger partial charge in [0.2, 0.25) is 17.7 Å². The van der Waals surface area contributed by atoms with Gasteiger partial charge in [-0.05, 0) is 44.9 Å². The third kappa shape index (κ3) is 8.83. The molecule has 1 aromatic carbocycles. The molecule has 1 saturated heterocycles. The van der Waals surface area contributed by atoms with Crippen LogP contribution < -0.4 is 16.0 Å². The highest BCUT2D eigenvalue weighted by Crippen LogP contribution is 2.25. The quantitative estimate of drug-likeness (QED) is 0.339. The van der Waals surface area contributed by atoms with E-state index in [1.807, 2.05) is 38.1 Å². The number of aromatic nitrogens is 1. The Morgan fingerprint density at radius 1 is 1.11 bits per heavy atom. The predicted octanol–water partition coefficient (Wildman–Crippen LogP) is 1.31. The predicted molar refractivity (Wildman–Crippen MR) is 138 cm³/mol. The molecule has 0 bridgehead atoms. The molecule has 1 aliphatic rings. The number of carbonyl (C=O) groups excluding carboxylic acids is 3. The zero-order valence-electron chi connectivity index (χ0n) is 21.4. The van der Waals surface area contributed by atoms with Crippen LogP contribution in [-0.2, 0) is 24.0 Å². The fourth-order valence-electron chi connectivity index (χ4n) is 3.85. The Kier molecular flexibility index (Phi) is 13.3. The number of nitrogens with zero attached hydrogens (tertiary/aromatic N) is 2. The Bertz CT molecular complexity index is 1050. The van der Waals surface area contributed by atoms with E-state index < -0.39 is 18.1 Å². The van der Waals surface area contributed by atoms with E-state index in [1.54, 1.807) is 31.3 Å². The summed E-state index contributed by atoms with van der Waals surface area (Å²) >= 11 is 0. The molecule has 1 aliphatic heterocycles. The minimum absolute atomic E-state index is 0.101. The van der Waals surface area contributed by atoms with Crippen molar-refractivity contribution in [3.63, 3.8) is 0 Å². The van der Waals surface area contributed by atoms with Crippen molar-refractivity contribution in [2.75, 3.05) is 18.9 Å². The smallest absolute Gasteiger partial charge is 0.290 e. The maximum atomic E-state index is 13.3. The highest BCUT2D eigenvalue weighted by Gasteiger charge is 2.39. The van der Waals surface area contributed by atoms with Gasteiger partial charge in [-0.2, -0.15) is 0 Å². The first kappa shape index (κ1) is 31.0.